The number of hydrogen-bond acceptors (Lipinski definition) is 2. The lowest BCUT2D eigenvalue weighted by Gasteiger charge is -1.96. The van der Waals surface area contributed by atoms with Crippen LogP contribution in [0.15, 0.2) is 44.1 Å². The van der Waals surface area contributed by atoms with Crippen molar-refractivity contribution in [3.05, 3.63) is 39.6 Å². The normalized spacial score (nSPS) is 10.3. The summed E-state index contributed by atoms with van der Waals surface area (Å²) < 4.78 is 6.59. The lowest BCUT2D eigenvalue weighted by Crippen LogP contribution is -1.75. The Balaban J connectivity index is 2.53. The molecule has 1 heterocycles. The van der Waals surface area contributed by atoms with Gasteiger partial charge in [-0.15, -0.1) is 0 Å². The number of hydrogen-bond donors (Lipinski definition) is 0. The zero-order valence-electron chi connectivity index (χ0n) is 6.50. The van der Waals surface area contributed by atoms with Crippen LogP contribution in [0.5, 0.6) is 0 Å². The lowest BCUT2D eigenvalue weighted by atomic mass is 10.1. The van der Waals surface area contributed by atoms with Crippen LogP contribution in [0.1, 0.15) is 0 Å². The number of nitrogens with zero attached hydrogens (tertiary/aromatic N) is 1. The molecule has 0 radical (unpaired) electrons. The summed E-state index contributed by atoms with van der Waals surface area (Å²) in [4.78, 5) is 0. The van der Waals surface area contributed by atoms with E-state index in [1.807, 2.05) is 24.3 Å². The average Bonchev–Trinajstić information content (AvgIpc) is 2.51. The van der Waals surface area contributed by atoms with Crippen LogP contribution in [0.3, 0.4) is 0 Å². The molecule has 0 fully saturated rings. The van der Waals surface area contributed by atoms with E-state index in [0.717, 1.165) is 20.2 Å². The van der Waals surface area contributed by atoms with Crippen LogP contribution in [0.25, 0.3) is 11.1 Å². The quantitative estimate of drug-likeness (QED) is 0.799. The van der Waals surface area contributed by atoms with Gasteiger partial charge < -0.3 is 4.52 Å². The van der Waals surface area contributed by atoms with Gasteiger partial charge in [-0.05, 0) is 33.6 Å². The zero-order chi connectivity index (χ0) is 9.26. The molecule has 0 bridgehead atoms. The van der Waals surface area contributed by atoms with Gasteiger partial charge in [0.25, 0.3) is 0 Å². The molecule has 0 unspecified atom stereocenters. The molecule has 0 aliphatic rings. The Morgan fingerprint density at radius 3 is 2.69 bits per heavy atom. The topological polar surface area (TPSA) is 26.0 Å². The van der Waals surface area contributed by atoms with Crippen molar-refractivity contribution in [3.63, 3.8) is 0 Å². The van der Waals surface area contributed by atoms with Gasteiger partial charge in [-0.1, -0.05) is 33.2 Å². The SMILES string of the molecule is Brc1cccc(-c2conc2Br)c1. The molecule has 1 aromatic heterocycles. The summed E-state index contributed by atoms with van der Waals surface area (Å²) in [7, 11) is 0. The molecule has 0 amide bonds. The fourth-order valence-corrected chi connectivity index (χ4v) is 1.87. The van der Waals surface area contributed by atoms with Crippen molar-refractivity contribution in [1.82, 2.24) is 5.16 Å². The minimum atomic E-state index is 0.727. The summed E-state index contributed by atoms with van der Waals surface area (Å²) in [6.45, 7) is 0. The summed E-state index contributed by atoms with van der Waals surface area (Å²) in [6.07, 6.45) is 1.62. The van der Waals surface area contributed by atoms with Crippen molar-refractivity contribution in [2.24, 2.45) is 0 Å². The third-order valence-corrected chi connectivity index (χ3v) is 2.73. The third-order valence-electron chi connectivity index (χ3n) is 1.66. The molecule has 2 rings (SSSR count). The second-order valence-corrected chi connectivity index (χ2v) is 4.20. The van der Waals surface area contributed by atoms with E-state index in [1.54, 1.807) is 6.26 Å². The standard InChI is InChI=1S/C9H5Br2NO/c10-7-3-1-2-6(4-7)8-5-13-12-9(8)11/h1-5H. The minimum absolute atomic E-state index is 0.727. The number of halogens is 2. The van der Waals surface area contributed by atoms with Crippen LogP contribution in [0, 0.1) is 0 Å². The van der Waals surface area contributed by atoms with E-state index in [0.29, 0.717) is 0 Å². The van der Waals surface area contributed by atoms with E-state index < -0.39 is 0 Å². The van der Waals surface area contributed by atoms with Crippen molar-refractivity contribution in [2.75, 3.05) is 0 Å². The molecule has 2 aromatic rings. The molecule has 66 valence electrons. The first kappa shape index (κ1) is 8.97. The van der Waals surface area contributed by atoms with Crippen LogP contribution in [-0.4, -0.2) is 5.16 Å². The molecular formula is C9H5Br2NO. The molecule has 0 saturated carbocycles. The predicted molar refractivity (Wildman–Crippen MR) is 57.3 cm³/mol. The van der Waals surface area contributed by atoms with Crippen LogP contribution < -0.4 is 0 Å². The van der Waals surface area contributed by atoms with Gasteiger partial charge in [0.1, 0.15) is 6.26 Å². The molecule has 0 N–H and O–H groups in total. The Labute approximate surface area is 92.2 Å². The summed E-state index contributed by atoms with van der Waals surface area (Å²) in [5, 5.41) is 3.75. The summed E-state index contributed by atoms with van der Waals surface area (Å²) >= 11 is 6.71. The molecule has 2 nitrogen and oxygen atoms in total. The first-order chi connectivity index (χ1) is 6.27. The van der Waals surface area contributed by atoms with Crippen LogP contribution >= 0.6 is 31.9 Å². The van der Waals surface area contributed by atoms with Crippen molar-refractivity contribution < 1.29 is 4.52 Å². The summed E-state index contributed by atoms with van der Waals surface area (Å²) in [5.41, 5.74) is 2.03. The van der Waals surface area contributed by atoms with Crippen molar-refractivity contribution in [2.45, 2.75) is 0 Å². The number of aromatic nitrogens is 1. The van der Waals surface area contributed by atoms with Crippen LogP contribution in [-0.2, 0) is 0 Å². The molecule has 1 aromatic carbocycles. The molecule has 0 aliphatic heterocycles. The van der Waals surface area contributed by atoms with Crippen LogP contribution in [0.4, 0.5) is 0 Å². The molecule has 0 spiro atoms. The van der Waals surface area contributed by atoms with Gasteiger partial charge >= 0.3 is 0 Å². The van der Waals surface area contributed by atoms with Gasteiger partial charge in [0.15, 0.2) is 4.60 Å². The highest BCUT2D eigenvalue weighted by Gasteiger charge is 2.06. The maximum atomic E-state index is 4.83. The second-order valence-electron chi connectivity index (χ2n) is 2.53. The smallest absolute Gasteiger partial charge is 0.157 e. The van der Waals surface area contributed by atoms with E-state index in [9.17, 15) is 0 Å². The molecule has 0 saturated heterocycles. The second kappa shape index (κ2) is 3.64. The van der Waals surface area contributed by atoms with E-state index in [4.69, 9.17) is 4.52 Å². The Morgan fingerprint density at radius 1 is 1.23 bits per heavy atom. The summed E-state index contributed by atoms with van der Waals surface area (Å²) in [5.74, 6) is 0. The highest BCUT2D eigenvalue weighted by molar-refractivity contribution is 9.10. The Morgan fingerprint density at radius 2 is 2.08 bits per heavy atom. The molecule has 0 aliphatic carbocycles. The molecular weight excluding hydrogens is 298 g/mol. The predicted octanol–water partition coefficient (Wildman–Crippen LogP) is 3.87. The van der Waals surface area contributed by atoms with Gasteiger partial charge in [-0.3, -0.25) is 0 Å². The van der Waals surface area contributed by atoms with E-state index in [2.05, 4.69) is 37.0 Å². The Hall–Kier alpha value is -0.610. The molecule has 0 atom stereocenters. The number of rotatable bonds is 1. The zero-order valence-corrected chi connectivity index (χ0v) is 9.67. The van der Waals surface area contributed by atoms with Gasteiger partial charge in [-0.25, -0.2) is 0 Å². The van der Waals surface area contributed by atoms with Gasteiger partial charge in [0.2, 0.25) is 0 Å². The maximum Gasteiger partial charge on any atom is 0.157 e. The van der Waals surface area contributed by atoms with Gasteiger partial charge in [0.05, 0.1) is 5.56 Å². The fourth-order valence-electron chi connectivity index (χ4n) is 1.07. The van der Waals surface area contributed by atoms with E-state index in [1.165, 1.54) is 0 Å². The van der Waals surface area contributed by atoms with Crippen molar-refractivity contribution in [3.8, 4) is 11.1 Å². The average molecular weight is 303 g/mol. The Bertz CT molecular complexity index is 425. The maximum absolute atomic E-state index is 4.83. The lowest BCUT2D eigenvalue weighted by molar-refractivity contribution is 0.416. The van der Waals surface area contributed by atoms with Crippen molar-refractivity contribution in [1.29, 1.82) is 0 Å². The first-order valence-corrected chi connectivity index (χ1v) is 5.22. The number of benzene rings is 1. The highest BCUT2D eigenvalue weighted by Crippen LogP contribution is 2.28. The Kier molecular flexibility index (Phi) is 2.51. The summed E-state index contributed by atoms with van der Waals surface area (Å²) in [6, 6.07) is 7.96. The largest absolute Gasteiger partial charge is 0.363 e. The minimum Gasteiger partial charge on any atom is -0.363 e. The highest BCUT2D eigenvalue weighted by atomic mass is 79.9. The fraction of sp³-hybridized carbons (Fsp3) is 0. The molecule has 4 heteroatoms. The van der Waals surface area contributed by atoms with E-state index >= 15 is 0 Å². The van der Waals surface area contributed by atoms with Gasteiger partial charge in [0, 0.05) is 4.47 Å². The van der Waals surface area contributed by atoms with Gasteiger partial charge in [-0.2, -0.15) is 0 Å². The monoisotopic (exact) mass is 301 g/mol. The first-order valence-electron chi connectivity index (χ1n) is 3.63. The van der Waals surface area contributed by atoms with Crippen molar-refractivity contribution >= 4 is 31.9 Å². The van der Waals surface area contributed by atoms with E-state index in [-0.39, 0.29) is 0 Å². The van der Waals surface area contributed by atoms with Crippen LogP contribution in [0.2, 0.25) is 0 Å². The third kappa shape index (κ3) is 1.84. The molecule has 13 heavy (non-hydrogen) atoms.